The van der Waals surface area contributed by atoms with Crippen molar-refractivity contribution in [1.82, 2.24) is 0 Å². The second-order valence-corrected chi connectivity index (χ2v) is 8.84. The molecule has 0 aliphatic heterocycles. The first kappa shape index (κ1) is 17.0. The van der Waals surface area contributed by atoms with Gasteiger partial charge in [0.15, 0.2) is 0 Å². The number of amides is 1. The molecule has 0 saturated heterocycles. The molecule has 24 heavy (non-hydrogen) atoms. The van der Waals surface area contributed by atoms with Gasteiger partial charge >= 0.3 is 5.97 Å². The van der Waals surface area contributed by atoms with Crippen LogP contribution < -0.4 is 5.32 Å². The monoisotopic (exact) mass is 371 g/mol. The number of carbonyl (C=O) groups is 2. The third-order valence-electron chi connectivity index (χ3n) is 3.99. The van der Waals surface area contributed by atoms with Crippen molar-refractivity contribution in [3.05, 3.63) is 16.0 Å². The van der Waals surface area contributed by atoms with Crippen LogP contribution in [-0.2, 0) is 27.7 Å². The van der Waals surface area contributed by atoms with Gasteiger partial charge in [0.25, 0.3) is 10.0 Å². The van der Waals surface area contributed by atoms with Gasteiger partial charge in [0, 0.05) is 10.8 Å². The number of rotatable bonds is 5. The highest BCUT2D eigenvalue weighted by atomic mass is 32.2. The minimum Gasteiger partial charge on any atom is -0.478 e. The molecule has 2 aliphatic rings. The molecular weight excluding hydrogens is 354 g/mol. The van der Waals surface area contributed by atoms with Crippen LogP contribution in [0.2, 0.25) is 0 Å². The third kappa shape index (κ3) is 3.81. The fourth-order valence-corrected chi connectivity index (χ4v) is 4.23. The lowest BCUT2D eigenvalue weighted by Gasteiger charge is -2.17. The number of carboxylic acid groups (broad SMARTS) is 1. The number of carbonyl (C=O) groups excluding carboxylic acids is 1. The Balaban J connectivity index is 1.86. The minimum atomic E-state index is -3.55. The Bertz CT molecular complexity index is 824. The Morgan fingerprint density at radius 3 is 2.58 bits per heavy atom. The van der Waals surface area contributed by atoms with Crippen LogP contribution >= 0.6 is 11.3 Å². The van der Waals surface area contributed by atoms with Crippen LogP contribution in [-0.4, -0.2) is 37.7 Å². The Labute approximate surface area is 143 Å². The van der Waals surface area contributed by atoms with E-state index < -0.39 is 16.0 Å². The zero-order valence-electron chi connectivity index (χ0n) is 13.0. The number of sulfonamides is 1. The van der Waals surface area contributed by atoms with Crippen LogP contribution in [0, 0.1) is 5.92 Å². The molecule has 130 valence electrons. The number of aryl methyl sites for hydroxylation is 1. The summed E-state index contributed by atoms with van der Waals surface area (Å²) in [6.07, 6.45) is 4.14. The van der Waals surface area contributed by atoms with Crippen molar-refractivity contribution in [1.29, 1.82) is 0 Å². The zero-order valence-corrected chi connectivity index (χ0v) is 14.6. The van der Waals surface area contributed by atoms with E-state index in [1.54, 1.807) is 0 Å². The summed E-state index contributed by atoms with van der Waals surface area (Å²) in [6, 6.07) is -0.369. The van der Waals surface area contributed by atoms with Gasteiger partial charge in [-0.3, -0.25) is 4.79 Å². The van der Waals surface area contributed by atoms with Crippen molar-refractivity contribution in [2.75, 3.05) is 11.6 Å². The highest BCUT2D eigenvalue weighted by molar-refractivity contribution is 7.89. The molecule has 2 aliphatic carbocycles. The summed E-state index contributed by atoms with van der Waals surface area (Å²) in [5.74, 6) is -1.24. The average Bonchev–Trinajstić information content (AvgIpc) is 3.26. The molecule has 0 aromatic carbocycles. The molecule has 3 rings (SSSR count). The van der Waals surface area contributed by atoms with E-state index in [2.05, 4.69) is 15.0 Å². The SMILES string of the molecule is CS(=O)(=O)N=NC1CCc2sc(NC(=O)C3CC3)c(C(=O)O)c2C1. The van der Waals surface area contributed by atoms with Crippen molar-refractivity contribution in [2.24, 2.45) is 15.6 Å². The molecule has 1 unspecified atom stereocenters. The lowest BCUT2D eigenvalue weighted by molar-refractivity contribution is -0.117. The van der Waals surface area contributed by atoms with E-state index in [1.165, 1.54) is 11.3 Å². The van der Waals surface area contributed by atoms with Crippen molar-refractivity contribution < 1.29 is 23.1 Å². The normalized spacial score (nSPS) is 20.8. The van der Waals surface area contributed by atoms with E-state index in [4.69, 9.17) is 0 Å². The number of nitrogens with zero attached hydrogens (tertiary/aromatic N) is 2. The maximum atomic E-state index is 11.9. The molecule has 1 aromatic heterocycles. The maximum absolute atomic E-state index is 11.9. The molecule has 1 fully saturated rings. The summed E-state index contributed by atoms with van der Waals surface area (Å²) in [5.41, 5.74) is 0.727. The summed E-state index contributed by atoms with van der Waals surface area (Å²) in [7, 11) is -3.55. The first-order valence-corrected chi connectivity index (χ1v) is 10.2. The zero-order chi connectivity index (χ0) is 17.5. The Hall–Kier alpha value is -1.81. The third-order valence-corrected chi connectivity index (χ3v) is 5.59. The van der Waals surface area contributed by atoms with E-state index in [0.29, 0.717) is 29.8 Å². The van der Waals surface area contributed by atoms with E-state index >= 15 is 0 Å². The second kappa shape index (κ2) is 6.25. The highest BCUT2D eigenvalue weighted by Gasteiger charge is 2.33. The van der Waals surface area contributed by atoms with Gasteiger partial charge in [-0.05, 0) is 37.7 Å². The Morgan fingerprint density at radius 1 is 1.29 bits per heavy atom. The summed E-state index contributed by atoms with van der Waals surface area (Å²) < 4.78 is 25.5. The fraction of sp³-hybridized carbons (Fsp3) is 0.571. The number of aromatic carboxylic acids is 1. The Morgan fingerprint density at radius 2 is 2.00 bits per heavy atom. The lowest BCUT2D eigenvalue weighted by atomic mass is 9.92. The number of anilines is 1. The predicted molar refractivity (Wildman–Crippen MR) is 88.1 cm³/mol. The van der Waals surface area contributed by atoms with Crippen LogP contribution in [0.4, 0.5) is 5.00 Å². The maximum Gasteiger partial charge on any atom is 0.339 e. The van der Waals surface area contributed by atoms with Crippen molar-refractivity contribution in [2.45, 2.75) is 38.1 Å². The molecule has 0 spiro atoms. The van der Waals surface area contributed by atoms with Crippen LogP contribution in [0.5, 0.6) is 0 Å². The van der Waals surface area contributed by atoms with Crippen molar-refractivity contribution in [3.8, 4) is 0 Å². The standard InChI is InChI=1S/C14H17N3O5S2/c1-24(21,22)17-16-8-4-5-10-9(6-8)11(14(19)20)13(23-10)15-12(18)7-2-3-7/h7-8H,2-6H2,1H3,(H,15,18)(H,19,20). The predicted octanol–water partition coefficient (Wildman–Crippen LogP) is 2.06. The van der Waals surface area contributed by atoms with Gasteiger partial charge in [-0.25, -0.2) is 13.2 Å². The molecule has 8 nitrogen and oxygen atoms in total. The molecule has 0 bridgehead atoms. The van der Waals surface area contributed by atoms with Gasteiger partial charge in [-0.1, -0.05) is 4.52 Å². The van der Waals surface area contributed by atoms with Gasteiger partial charge in [-0.15, -0.1) is 11.3 Å². The van der Waals surface area contributed by atoms with Crippen LogP contribution in [0.25, 0.3) is 0 Å². The van der Waals surface area contributed by atoms with Crippen LogP contribution in [0.1, 0.15) is 40.1 Å². The quantitative estimate of drug-likeness (QED) is 0.766. The molecular formula is C14H17N3O5S2. The molecule has 1 heterocycles. The first-order valence-electron chi connectivity index (χ1n) is 7.55. The van der Waals surface area contributed by atoms with Gasteiger partial charge in [0.05, 0.1) is 17.9 Å². The van der Waals surface area contributed by atoms with Crippen LogP contribution in [0.3, 0.4) is 0 Å². The number of fused-ring (bicyclic) bond motifs is 1. The fourth-order valence-electron chi connectivity index (χ4n) is 2.69. The molecule has 1 amide bonds. The molecule has 10 heteroatoms. The topological polar surface area (TPSA) is 125 Å². The summed E-state index contributed by atoms with van der Waals surface area (Å²) >= 11 is 1.29. The van der Waals surface area contributed by atoms with E-state index in [9.17, 15) is 23.1 Å². The number of carboxylic acids is 1. The highest BCUT2D eigenvalue weighted by Crippen LogP contribution is 2.40. The second-order valence-electron chi connectivity index (χ2n) is 6.10. The smallest absolute Gasteiger partial charge is 0.339 e. The molecule has 1 saturated carbocycles. The summed E-state index contributed by atoms with van der Waals surface area (Å²) in [4.78, 5) is 24.5. The van der Waals surface area contributed by atoms with E-state index in [-0.39, 0.29) is 23.4 Å². The molecule has 1 atom stereocenters. The molecule has 1 aromatic rings. The largest absolute Gasteiger partial charge is 0.478 e. The average molecular weight is 371 g/mol. The van der Waals surface area contributed by atoms with E-state index in [1.807, 2.05) is 0 Å². The minimum absolute atomic E-state index is 0.0120. The summed E-state index contributed by atoms with van der Waals surface area (Å²) in [5, 5.41) is 16.4. The van der Waals surface area contributed by atoms with Crippen molar-refractivity contribution >= 4 is 38.2 Å². The lowest BCUT2D eigenvalue weighted by Crippen LogP contribution is -2.19. The van der Waals surface area contributed by atoms with Gasteiger partial charge in [-0.2, -0.15) is 5.11 Å². The molecule has 2 N–H and O–H groups in total. The van der Waals surface area contributed by atoms with Gasteiger partial charge < -0.3 is 10.4 Å². The first-order chi connectivity index (χ1) is 11.2. The van der Waals surface area contributed by atoms with Gasteiger partial charge in [0.2, 0.25) is 5.91 Å². The van der Waals surface area contributed by atoms with Gasteiger partial charge in [0.1, 0.15) is 5.00 Å². The van der Waals surface area contributed by atoms with Crippen molar-refractivity contribution in [3.63, 3.8) is 0 Å². The van der Waals surface area contributed by atoms with E-state index in [0.717, 1.165) is 24.0 Å². The Kier molecular flexibility index (Phi) is 4.43. The molecule has 0 radical (unpaired) electrons. The number of nitrogens with one attached hydrogen (secondary N) is 1. The number of hydrogen-bond donors (Lipinski definition) is 2. The number of thiophene rings is 1. The number of hydrogen-bond acceptors (Lipinski definition) is 6. The van der Waals surface area contributed by atoms with Crippen LogP contribution in [0.15, 0.2) is 9.63 Å². The summed E-state index contributed by atoms with van der Waals surface area (Å²) in [6.45, 7) is 0.